The van der Waals surface area contributed by atoms with Gasteiger partial charge < -0.3 is 15.5 Å². The Labute approximate surface area is 164 Å². The topological polar surface area (TPSA) is 61.4 Å². The van der Waals surface area contributed by atoms with Gasteiger partial charge in [-0.05, 0) is 67.6 Å². The molecule has 3 rings (SSSR count). The minimum atomic E-state index is -0.732. The van der Waals surface area contributed by atoms with E-state index in [0.717, 1.165) is 30.3 Å². The highest BCUT2D eigenvalue weighted by atomic mass is 35.5. The molecule has 0 aromatic heterocycles. The molecule has 0 spiro atoms. The van der Waals surface area contributed by atoms with Crippen molar-refractivity contribution in [3.8, 4) is 0 Å². The van der Waals surface area contributed by atoms with Crippen molar-refractivity contribution in [2.24, 2.45) is 5.92 Å². The van der Waals surface area contributed by atoms with Crippen molar-refractivity contribution < 1.29 is 9.59 Å². The van der Waals surface area contributed by atoms with Crippen LogP contribution in [0.25, 0.3) is 0 Å². The summed E-state index contributed by atoms with van der Waals surface area (Å²) >= 11 is 6.04. The lowest BCUT2D eigenvalue weighted by Gasteiger charge is -2.32. The number of benzene rings is 2. The molecule has 1 heterocycles. The van der Waals surface area contributed by atoms with Crippen molar-refractivity contribution in [2.75, 3.05) is 28.6 Å². The maximum absolute atomic E-state index is 12.1. The third-order valence-corrected chi connectivity index (χ3v) is 5.32. The van der Waals surface area contributed by atoms with Crippen LogP contribution in [0.5, 0.6) is 0 Å². The molecule has 142 valence electrons. The van der Waals surface area contributed by atoms with Gasteiger partial charge in [0.2, 0.25) is 0 Å². The zero-order valence-corrected chi connectivity index (χ0v) is 16.3. The van der Waals surface area contributed by atoms with E-state index in [1.807, 2.05) is 31.2 Å². The number of halogens is 1. The first-order valence-corrected chi connectivity index (χ1v) is 9.53. The molecule has 1 aliphatic heterocycles. The molecule has 2 N–H and O–H groups in total. The number of nitrogens with one attached hydrogen (secondary N) is 2. The molecule has 1 saturated heterocycles. The number of hydrogen-bond acceptors (Lipinski definition) is 3. The van der Waals surface area contributed by atoms with Gasteiger partial charge in [0, 0.05) is 35.2 Å². The molecule has 0 unspecified atom stereocenters. The third-order valence-electron chi connectivity index (χ3n) is 4.91. The van der Waals surface area contributed by atoms with Gasteiger partial charge >= 0.3 is 11.8 Å². The second-order valence-corrected chi connectivity index (χ2v) is 7.50. The van der Waals surface area contributed by atoms with Gasteiger partial charge in [-0.2, -0.15) is 0 Å². The lowest BCUT2D eigenvalue weighted by molar-refractivity contribution is -0.132. The Morgan fingerprint density at radius 3 is 2.11 bits per heavy atom. The smallest absolute Gasteiger partial charge is 0.314 e. The van der Waals surface area contributed by atoms with Gasteiger partial charge in [0.1, 0.15) is 0 Å². The summed E-state index contributed by atoms with van der Waals surface area (Å²) in [6.07, 6.45) is 2.39. The van der Waals surface area contributed by atoms with Crippen LogP contribution in [-0.2, 0) is 9.59 Å². The molecule has 1 aliphatic rings. The van der Waals surface area contributed by atoms with E-state index in [1.54, 1.807) is 18.2 Å². The molecule has 27 heavy (non-hydrogen) atoms. The number of nitrogens with zero attached hydrogens (tertiary/aromatic N) is 1. The Kier molecular flexibility index (Phi) is 6.01. The average Bonchev–Trinajstić information content (AvgIpc) is 2.66. The van der Waals surface area contributed by atoms with E-state index in [2.05, 4.69) is 22.5 Å². The Bertz CT molecular complexity index is 828. The summed E-state index contributed by atoms with van der Waals surface area (Å²) < 4.78 is 0. The number of aryl methyl sites for hydroxylation is 1. The SMILES string of the molecule is Cc1ccc(NC(=O)C(=O)Nc2ccc(N3CCC(C)CC3)cc2)cc1Cl. The summed E-state index contributed by atoms with van der Waals surface area (Å²) in [6, 6.07) is 12.7. The fourth-order valence-corrected chi connectivity index (χ4v) is 3.25. The monoisotopic (exact) mass is 385 g/mol. The number of hydrogen-bond donors (Lipinski definition) is 2. The zero-order chi connectivity index (χ0) is 19.4. The summed E-state index contributed by atoms with van der Waals surface area (Å²) in [5.41, 5.74) is 3.12. The van der Waals surface area contributed by atoms with Gasteiger partial charge in [0.05, 0.1) is 0 Å². The molecular weight excluding hydrogens is 362 g/mol. The highest BCUT2D eigenvalue weighted by molar-refractivity contribution is 6.43. The fraction of sp³-hybridized carbons (Fsp3) is 0.333. The molecule has 2 aromatic carbocycles. The van der Waals surface area contributed by atoms with Crippen LogP contribution < -0.4 is 15.5 Å². The number of rotatable bonds is 3. The quantitative estimate of drug-likeness (QED) is 0.766. The molecule has 0 bridgehead atoms. The van der Waals surface area contributed by atoms with Gasteiger partial charge in [-0.1, -0.05) is 24.6 Å². The van der Waals surface area contributed by atoms with E-state index in [4.69, 9.17) is 11.6 Å². The van der Waals surface area contributed by atoms with Crippen LogP contribution >= 0.6 is 11.6 Å². The minimum absolute atomic E-state index is 0.487. The Morgan fingerprint density at radius 1 is 0.963 bits per heavy atom. The van der Waals surface area contributed by atoms with Crippen LogP contribution in [0.15, 0.2) is 42.5 Å². The Balaban J connectivity index is 1.56. The summed E-state index contributed by atoms with van der Waals surface area (Å²) in [5, 5.41) is 5.71. The zero-order valence-electron chi connectivity index (χ0n) is 15.6. The predicted molar refractivity (Wildman–Crippen MR) is 111 cm³/mol. The van der Waals surface area contributed by atoms with Crippen molar-refractivity contribution in [1.82, 2.24) is 0 Å². The van der Waals surface area contributed by atoms with Crippen LogP contribution in [0.2, 0.25) is 5.02 Å². The van der Waals surface area contributed by atoms with Crippen LogP contribution in [0.4, 0.5) is 17.1 Å². The standard InChI is InChI=1S/C21H24ClN3O2/c1-14-9-11-25(12-10-14)18-7-5-16(6-8-18)23-20(26)21(27)24-17-4-3-15(2)19(22)13-17/h3-8,13-14H,9-12H2,1-2H3,(H,23,26)(H,24,27). The molecule has 2 aromatic rings. The lowest BCUT2D eigenvalue weighted by atomic mass is 9.99. The van der Waals surface area contributed by atoms with Gasteiger partial charge in [0.15, 0.2) is 0 Å². The Morgan fingerprint density at radius 2 is 1.52 bits per heavy atom. The van der Waals surface area contributed by atoms with E-state index in [1.165, 1.54) is 12.8 Å². The third kappa shape index (κ3) is 5.01. The van der Waals surface area contributed by atoms with Gasteiger partial charge in [-0.3, -0.25) is 9.59 Å². The minimum Gasteiger partial charge on any atom is -0.372 e. The van der Waals surface area contributed by atoms with E-state index in [-0.39, 0.29) is 0 Å². The van der Waals surface area contributed by atoms with Crippen molar-refractivity contribution in [3.63, 3.8) is 0 Å². The van der Waals surface area contributed by atoms with E-state index in [0.29, 0.717) is 16.4 Å². The maximum atomic E-state index is 12.1. The first-order chi connectivity index (χ1) is 12.9. The number of carbonyl (C=O) groups excluding carboxylic acids is 2. The number of carbonyl (C=O) groups is 2. The van der Waals surface area contributed by atoms with Crippen LogP contribution in [0.1, 0.15) is 25.3 Å². The van der Waals surface area contributed by atoms with E-state index >= 15 is 0 Å². The van der Waals surface area contributed by atoms with Gasteiger partial charge in [0.25, 0.3) is 0 Å². The number of anilines is 3. The molecule has 0 atom stereocenters. The van der Waals surface area contributed by atoms with Crippen molar-refractivity contribution in [3.05, 3.63) is 53.1 Å². The molecular formula is C21H24ClN3O2. The van der Waals surface area contributed by atoms with Gasteiger partial charge in [-0.25, -0.2) is 0 Å². The summed E-state index contributed by atoms with van der Waals surface area (Å²) in [6.45, 7) is 6.25. The van der Waals surface area contributed by atoms with Crippen LogP contribution in [-0.4, -0.2) is 24.9 Å². The number of amides is 2. The van der Waals surface area contributed by atoms with Crippen molar-refractivity contribution in [2.45, 2.75) is 26.7 Å². The largest absolute Gasteiger partial charge is 0.372 e. The van der Waals surface area contributed by atoms with Crippen LogP contribution in [0.3, 0.4) is 0 Å². The highest BCUT2D eigenvalue weighted by Crippen LogP contribution is 2.24. The highest BCUT2D eigenvalue weighted by Gasteiger charge is 2.17. The number of piperidine rings is 1. The molecule has 6 heteroatoms. The van der Waals surface area contributed by atoms with Crippen molar-refractivity contribution in [1.29, 1.82) is 0 Å². The fourth-order valence-electron chi connectivity index (χ4n) is 3.07. The van der Waals surface area contributed by atoms with Gasteiger partial charge in [-0.15, -0.1) is 0 Å². The molecule has 0 saturated carbocycles. The molecule has 1 fully saturated rings. The van der Waals surface area contributed by atoms with Crippen LogP contribution in [0, 0.1) is 12.8 Å². The van der Waals surface area contributed by atoms with E-state index in [9.17, 15) is 9.59 Å². The molecule has 5 nitrogen and oxygen atoms in total. The normalized spacial score (nSPS) is 14.7. The lowest BCUT2D eigenvalue weighted by Crippen LogP contribution is -2.32. The second kappa shape index (κ2) is 8.44. The molecule has 0 radical (unpaired) electrons. The Hall–Kier alpha value is -2.53. The van der Waals surface area contributed by atoms with Crippen molar-refractivity contribution >= 4 is 40.5 Å². The predicted octanol–water partition coefficient (Wildman–Crippen LogP) is 4.46. The average molecular weight is 386 g/mol. The summed E-state index contributed by atoms with van der Waals surface area (Å²) in [7, 11) is 0. The summed E-state index contributed by atoms with van der Waals surface area (Å²) in [4.78, 5) is 26.6. The first-order valence-electron chi connectivity index (χ1n) is 9.16. The summed E-state index contributed by atoms with van der Waals surface area (Å²) in [5.74, 6) is -0.669. The molecule has 0 aliphatic carbocycles. The van der Waals surface area contributed by atoms with E-state index < -0.39 is 11.8 Å². The first kappa shape index (κ1) is 19.2. The molecule has 2 amide bonds. The maximum Gasteiger partial charge on any atom is 0.314 e. The second-order valence-electron chi connectivity index (χ2n) is 7.09.